The van der Waals surface area contributed by atoms with E-state index in [1.807, 2.05) is 30.3 Å². The Hall–Kier alpha value is -2.41. The van der Waals surface area contributed by atoms with Crippen LogP contribution in [0.5, 0.6) is 0 Å². The van der Waals surface area contributed by atoms with Gasteiger partial charge in [0, 0.05) is 10.6 Å². The maximum absolute atomic E-state index is 12.6. The molecule has 1 heterocycles. The number of hydrogen-bond donors (Lipinski definition) is 1. The Morgan fingerprint density at radius 1 is 1.08 bits per heavy atom. The number of rotatable bonds is 5. The molecule has 7 heteroatoms. The Bertz CT molecular complexity index is 968. The average molecular weight is 348 g/mol. The summed E-state index contributed by atoms with van der Waals surface area (Å²) in [6.45, 7) is -0.911. The quantitative estimate of drug-likeness (QED) is 0.720. The molecule has 0 spiro atoms. The minimum Gasteiger partial charge on any atom is -0.307 e. The summed E-state index contributed by atoms with van der Waals surface area (Å²) in [4.78, 5) is 27.4. The lowest BCUT2D eigenvalue weighted by atomic mass is 10.2. The number of aromatic amines is 1. The van der Waals surface area contributed by atoms with E-state index in [4.69, 9.17) is 0 Å². The minimum atomic E-state index is -2.77. The van der Waals surface area contributed by atoms with Gasteiger partial charge in [-0.2, -0.15) is 0 Å². The molecule has 0 aliphatic heterocycles. The molecular formula is C17H14F2N2O2S. The Labute approximate surface area is 140 Å². The zero-order chi connectivity index (χ0) is 17.1. The first-order valence-corrected chi connectivity index (χ1v) is 8.25. The summed E-state index contributed by atoms with van der Waals surface area (Å²) in [5.74, 6) is 0.723. The maximum atomic E-state index is 12.6. The number of halogens is 2. The van der Waals surface area contributed by atoms with Crippen molar-refractivity contribution in [3.63, 3.8) is 0 Å². The molecule has 4 nitrogen and oxygen atoms in total. The van der Waals surface area contributed by atoms with E-state index in [-0.39, 0.29) is 5.39 Å². The van der Waals surface area contributed by atoms with Gasteiger partial charge in [-0.3, -0.25) is 9.36 Å². The summed E-state index contributed by atoms with van der Waals surface area (Å²) in [7, 11) is 0. The van der Waals surface area contributed by atoms with Crippen LogP contribution in [0.4, 0.5) is 8.78 Å². The van der Waals surface area contributed by atoms with Gasteiger partial charge in [0.15, 0.2) is 0 Å². The van der Waals surface area contributed by atoms with Crippen molar-refractivity contribution in [2.45, 2.75) is 23.6 Å². The summed E-state index contributed by atoms with van der Waals surface area (Å²) in [5.41, 5.74) is -0.0348. The van der Waals surface area contributed by atoms with E-state index in [0.717, 1.165) is 16.2 Å². The second-order valence-electron chi connectivity index (χ2n) is 5.22. The molecular weight excluding hydrogens is 334 g/mol. The SMILES string of the molecule is O=c1[nH]c2ccc(SCc3ccccc3)cc2c(=O)n1CC(F)F. The van der Waals surface area contributed by atoms with Crippen molar-refractivity contribution in [2.24, 2.45) is 0 Å². The first-order valence-electron chi connectivity index (χ1n) is 7.26. The number of nitrogens with zero attached hydrogens (tertiary/aromatic N) is 1. The van der Waals surface area contributed by atoms with Crippen LogP contribution in [-0.2, 0) is 12.3 Å². The number of thioether (sulfide) groups is 1. The number of fused-ring (bicyclic) bond motifs is 1. The molecule has 0 saturated heterocycles. The molecule has 0 aliphatic carbocycles. The van der Waals surface area contributed by atoms with E-state index >= 15 is 0 Å². The van der Waals surface area contributed by atoms with Crippen molar-refractivity contribution in [2.75, 3.05) is 0 Å². The number of nitrogens with one attached hydrogen (secondary N) is 1. The summed E-state index contributed by atoms with van der Waals surface area (Å²) in [6.07, 6.45) is -2.77. The van der Waals surface area contributed by atoms with Gasteiger partial charge in [-0.1, -0.05) is 30.3 Å². The average Bonchev–Trinajstić information content (AvgIpc) is 2.58. The summed E-state index contributed by atoms with van der Waals surface area (Å²) in [5, 5.41) is 0.230. The first kappa shape index (κ1) is 16.4. The molecule has 0 atom stereocenters. The second kappa shape index (κ2) is 7.00. The van der Waals surface area contributed by atoms with E-state index in [9.17, 15) is 18.4 Å². The van der Waals surface area contributed by atoms with E-state index in [1.54, 1.807) is 18.2 Å². The molecule has 0 amide bonds. The van der Waals surface area contributed by atoms with Gasteiger partial charge in [0.1, 0.15) is 0 Å². The lowest BCUT2D eigenvalue weighted by Crippen LogP contribution is -2.36. The lowest BCUT2D eigenvalue weighted by molar-refractivity contribution is 0.123. The zero-order valence-corrected chi connectivity index (χ0v) is 13.4. The molecule has 3 aromatic rings. The molecule has 0 bridgehead atoms. The van der Waals surface area contributed by atoms with Crippen LogP contribution in [0.3, 0.4) is 0 Å². The van der Waals surface area contributed by atoms with Gasteiger partial charge in [0.2, 0.25) is 0 Å². The van der Waals surface area contributed by atoms with Gasteiger partial charge >= 0.3 is 5.69 Å². The Morgan fingerprint density at radius 3 is 2.54 bits per heavy atom. The van der Waals surface area contributed by atoms with Crippen LogP contribution in [0.2, 0.25) is 0 Å². The predicted molar refractivity (Wildman–Crippen MR) is 90.8 cm³/mol. The van der Waals surface area contributed by atoms with Crippen LogP contribution in [0, 0.1) is 0 Å². The summed E-state index contributed by atoms with van der Waals surface area (Å²) >= 11 is 1.53. The first-order chi connectivity index (χ1) is 11.5. The topological polar surface area (TPSA) is 54.9 Å². The van der Waals surface area contributed by atoms with Gasteiger partial charge in [-0.25, -0.2) is 13.6 Å². The normalized spacial score (nSPS) is 11.3. The fraction of sp³-hybridized carbons (Fsp3) is 0.176. The highest BCUT2D eigenvalue weighted by molar-refractivity contribution is 7.98. The second-order valence-corrected chi connectivity index (χ2v) is 6.27. The zero-order valence-electron chi connectivity index (χ0n) is 12.5. The van der Waals surface area contributed by atoms with E-state index in [0.29, 0.717) is 10.1 Å². The van der Waals surface area contributed by atoms with Crippen molar-refractivity contribution >= 4 is 22.7 Å². The molecule has 3 rings (SSSR count). The van der Waals surface area contributed by atoms with Crippen molar-refractivity contribution in [3.8, 4) is 0 Å². The van der Waals surface area contributed by atoms with Crippen LogP contribution in [0.15, 0.2) is 63.0 Å². The highest BCUT2D eigenvalue weighted by Crippen LogP contribution is 2.24. The van der Waals surface area contributed by atoms with Crippen molar-refractivity contribution < 1.29 is 8.78 Å². The minimum absolute atomic E-state index is 0.230. The van der Waals surface area contributed by atoms with Gasteiger partial charge < -0.3 is 4.98 Å². The smallest absolute Gasteiger partial charge is 0.307 e. The number of alkyl halides is 2. The molecule has 1 aromatic heterocycles. The molecule has 24 heavy (non-hydrogen) atoms. The molecule has 0 radical (unpaired) electrons. The third-order valence-corrected chi connectivity index (χ3v) is 4.59. The van der Waals surface area contributed by atoms with Crippen molar-refractivity contribution in [3.05, 3.63) is 74.9 Å². The largest absolute Gasteiger partial charge is 0.329 e. The highest BCUT2D eigenvalue weighted by Gasteiger charge is 2.12. The molecule has 124 valence electrons. The summed E-state index contributed by atoms with van der Waals surface area (Å²) in [6, 6.07) is 14.9. The molecule has 0 unspecified atom stereocenters. The van der Waals surface area contributed by atoms with E-state index < -0.39 is 24.2 Å². The molecule has 0 aliphatic rings. The summed E-state index contributed by atoms with van der Waals surface area (Å²) < 4.78 is 25.6. The van der Waals surface area contributed by atoms with Crippen LogP contribution in [0.1, 0.15) is 5.56 Å². The van der Waals surface area contributed by atoms with Gasteiger partial charge in [0.05, 0.1) is 17.4 Å². The fourth-order valence-corrected chi connectivity index (χ4v) is 3.26. The lowest BCUT2D eigenvalue weighted by Gasteiger charge is -2.07. The van der Waals surface area contributed by atoms with Gasteiger partial charge in [-0.05, 0) is 23.8 Å². The van der Waals surface area contributed by atoms with Crippen LogP contribution < -0.4 is 11.2 Å². The van der Waals surface area contributed by atoms with Crippen LogP contribution in [0.25, 0.3) is 10.9 Å². The van der Waals surface area contributed by atoms with Crippen LogP contribution in [-0.4, -0.2) is 16.0 Å². The predicted octanol–water partition coefficient (Wildman–Crippen LogP) is 3.25. The fourth-order valence-electron chi connectivity index (χ4n) is 2.36. The molecule has 0 saturated carbocycles. The molecule has 1 N–H and O–H groups in total. The van der Waals surface area contributed by atoms with E-state index in [1.165, 1.54) is 11.8 Å². The van der Waals surface area contributed by atoms with E-state index in [2.05, 4.69) is 4.98 Å². The molecule has 0 fully saturated rings. The standard InChI is InChI=1S/C17H14F2N2O2S/c18-15(19)9-21-16(22)13-8-12(6-7-14(13)20-17(21)23)24-10-11-4-2-1-3-5-11/h1-8,15H,9-10H2,(H,20,23). The number of benzene rings is 2. The Balaban J connectivity index is 1.94. The third-order valence-electron chi connectivity index (χ3n) is 3.52. The number of aromatic nitrogens is 2. The maximum Gasteiger partial charge on any atom is 0.329 e. The van der Waals surface area contributed by atoms with Gasteiger partial charge in [0.25, 0.3) is 12.0 Å². The Kier molecular flexibility index (Phi) is 4.80. The highest BCUT2D eigenvalue weighted by atomic mass is 32.2. The number of H-pyrrole nitrogens is 1. The van der Waals surface area contributed by atoms with Gasteiger partial charge in [-0.15, -0.1) is 11.8 Å². The molecule has 2 aromatic carbocycles. The monoisotopic (exact) mass is 348 g/mol. The van der Waals surface area contributed by atoms with Crippen molar-refractivity contribution in [1.29, 1.82) is 0 Å². The van der Waals surface area contributed by atoms with Crippen LogP contribution >= 0.6 is 11.8 Å². The Morgan fingerprint density at radius 2 is 1.83 bits per heavy atom. The van der Waals surface area contributed by atoms with Crippen molar-refractivity contribution in [1.82, 2.24) is 9.55 Å². The number of hydrogen-bond acceptors (Lipinski definition) is 3. The third kappa shape index (κ3) is 3.56.